The number of rotatable bonds is 7. The molecule has 26 heavy (non-hydrogen) atoms. The molecule has 1 aliphatic rings. The molecule has 1 fully saturated rings. The Hall–Kier alpha value is -1.44. The third-order valence-electron chi connectivity index (χ3n) is 5.16. The van der Waals surface area contributed by atoms with E-state index in [9.17, 15) is 9.59 Å². The van der Waals surface area contributed by atoms with E-state index < -0.39 is 11.8 Å². The number of thiophene rings is 1. The molecule has 0 aliphatic carbocycles. The van der Waals surface area contributed by atoms with Gasteiger partial charge in [0.1, 0.15) is 0 Å². The van der Waals surface area contributed by atoms with E-state index in [0.717, 1.165) is 32.7 Å². The van der Waals surface area contributed by atoms with Crippen molar-refractivity contribution in [3.63, 3.8) is 0 Å². The Morgan fingerprint density at radius 3 is 2.35 bits per heavy atom. The van der Waals surface area contributed by atoms with Crippen LogP contribution in [0.1, 0.15) is 38.6 Å². The fraction of sp³-hybridized carbons (Fsp3) is 0.684. The quantitative estimate of drug-likeness (QED) is 0.733. The van der Waals surface area contributed by atoms with Gasteiger partial charge < -0.3 is 15.1 Å². The lowest BCUT2D eigenvalue weighted by Crippen LogP contribution is -2.54. The summed E-state index contributed by atoms with van der Waals surface area (Å²) >= 11 is 1.71. The molecule has 1 aromatic heterocycles. The van der Waals surface area contributed by atoms with Gasteiger partial charge in [-0.15, -0.1) is 11.3 Å². The number of hydrogen-bond acceptors (Lipinski definition) is 5. The predicted molar refractivity (Wildman–Crippen MR) is 106 cm³/mol. The third kappa shape index (κ3) is 5.05. The summed E-state index contributed by atoms with van der Waals surface area (Å²) in [6.07, 6.45) is 0. The van der Waals surface area contributed by atoms with Crippen molar-refractivity contribution in [2.45, 2.75) is 39.8 Å². The number of amides is 2. The largest absolute Gasteiger partial charge is 0.343 e. The third-order valence-corrected chi connectivity index (χ3v) is 6.10. The summed E-state index contributed by atoms with van der Waals surface area (Å²) in [5, 5.41) is 5.03. The fourth-order valence-corrected chi connectivity index (χ4v) is 4.53. The summed E-state index contributed by atoms with van der Waals surface area (Å²) in [5.74, 6) is -0.947. The molecule has 0 bridgehead atoms. The van der Waals surface area contributed by atoms with Gasteiger partial charge in [-0.3, -0.25) is 14.5 Å². The summed E-state index contributed by atoms with van der Waals surface area (Å²) in [7, 11) is 0. The van der Waals surface area contributed by atoms with Crippen molar-refractivity contribution in [2.24, 2.45) is 0 Å². The Kier molecular flexibility index (Phi) is 8.06. The minimum absolute atomic E-state index is 0.0995. The molecule has 0 radical (unpaired) electrons. The van der Waals surface area contributed by atoms with Gasteiger partial charge >= 0.3 is 11.8 Å². The highest BCUT2D eigenvalue weighted by atomic mass is 32.1. The van der Waals surface area contributed by atoms with Crippen molar-refractivity contribution in [2.75, 3.05) is 45.8 Å². The van der Waals surface area contributed by atoms with E-state index in [0.29, 0.717) is 13.1 Å². The molecule has 6 nitrogen and oxygen atoms in total. The minimum atomic E-state index is -0.505. The van der Waals surface area contributed by atoms with E-state index in [1.165, 1.54) is 4.88 Å². The van der Waals surface area contributed by atoms with E-state index in [2.05, 4.69) is 33.5 Å². The predicted octanol–water partition coefficient (Wildman–Crippen LogP) is 1.80. The molecule has 0 saturated carbocycles. The number of carbonyl (C=O) groups excluding carboxylic acids is 2. The molecule has 2 rings (SSSR count). The number of likely N-dealkylation sites (N-methyl/N-ethyl adjacent to an activating group) is 2. The topological polar surface area (TPSA) is 55.9 Å². The van der Waals surface area contributed by atoms with Crippen LogP contribution < -0.4 is 5.32 Å². The Morgan fingerprint density at radius 1 is 1.19 bits per heavy atom. The molecule has 2 amide bonds. The van der Waals surface area contributed by atoms with Crippen LogP contribution in [-0.2, 0) is 9.59 Å². The van der Waals surface area contributed by atoms with E-state index in [-0.39, 0.29) is 12.1 Å². The lowest BCUT2D eigenvalue weighted by atomic mass is 10.0. The van der Waals surface area contributed by atoms with Gasteiger partial charge in [0, 0.05) is 50.2 Å². The molecular formula is C19H32N4O2S. The van der Waals surface area contributed by atoms with E-state index >= 15 is 0 Å². The van der Waals surface area contributed by atoms with Gasteiger partial charge in [-0.1, -0.05) is 13.0 Å². The molecule has 1 N–H and O–H groups in total. The second-order valence-electron chi connectivity index (χ2n) is 6.67. The van der Waals surface area contributed by atoms with Crippen LogP contribution in [0.4, 0.5) is 0 Å². The summed E-state index contributed by atoms with van der Waals surface area (Å²) < 4.78 is 0. The second-order valence-corrected chi connectivity index (χ2v) is 7.65. The minimum Gasteiger partial charge on any atom is -0.343 e. The summed E-state index contributed by atoms with van der Waals surface area (Å²) in [6, 6.07) is 4.14. The molecule has 1 aromatic rings. The number of nitrogens with one attached hydrogen (secondary N) is 1. The normalized spacial score (nSPS) is 18.3. The maximum atomic E-state index is 12.4. The summed E-state index contributed by atoms with van der Waals surface area (Å²) in [6.45, 7) is 14.2. The second kappa shape index (κ2) is 10.0. The summed E-state index contributed by atoms with van der Waals surface area (Å²) in [4.78, 5) is 32.4. The molecule has 7 heteroatoms. The van der Waals surface area contributed by atoms with Crippen molar-refractivity contribution in [3.8, 4) is 0 Å². The van der Waals surface area contributed by atoms with Gasteiger partial charge in [0.05, 0.1) is 6.04 Å². The maximum Gasteiger partial charge on any atom is 0.311 e. The number of hydrogen-bond donors (Lipinski definition) is 1. The summed E-state index contributed by atoms with van der Waals surface area (Å²) in [5.41, 5.74) is 0. The first kappa shape index (κ1) is 20.9. The lowest BCUT2D eigenvalue weighted by molar-refractivity contribution is -0.146. The van der Waals surface area contributed by atoms with Crippen LogP contribution in [0, 0.1) is 0 Å². The van der Waals surface area contributed by atoms with E-state index in [1.807, 2.05) is 26.8 Å². The molecule has 0 aromatic carbocycles. The van der Waals surface area contributed by atoms with Gasteiger partial charge in [-0.25, -0.2) is 0 Å². The van der Waals surface area contributed by atoms with Crippen LogP contribution in [0.25, 0.3) is 0 Å². The Balaban J connectivity index is 2.08. The molecule has 1 aliphatic heterocycles. The van der Waals surface area contributed by atoms with Crippen molar-refractivity contribution < 1.29 is 9.59 Å². The van der Waals surface area contributed by atoms with Crippen LogP contribution >= 0.6 is 11.3 Å². The average Bonchev–Trinajstić information content (AvgIpc) is 3.17. The Labute approximate surface area is 161 Å². The molecule has 1 saturated heterocycles. The van der Waals surface area contributed by atoms with Crippen LogP contribution in [0.2, 0.25) is 0 Å². The first-order valence-electron chi connectivity index (χ1n) is 9.61. The molecule has 2 heterocycles. The van der Waals surface area contributed by atoms with E-state index in [4.69, 9.17) is 0 Å². The number of carbonyl (C=O) groups is 2. The SMILES string of the molecule is CCN1CCN([C@H](c2cccs2)[C@H](C)NC(=O)C(=O)N(CC)CC)CC1. The first-order valence-corrected chi connectivity index (χ1v) is 10.5. The van der Waals surface area contributed by atoms with Gasteiger partial charge in [0.25, 0.3) is 0 Å². The average molecular weight is 381 g/mol. The van der Waals surface area contributed by atoms with Gasteiger partial charge in [-0.2, -0.15) is 0 Å². The first-order chi connectivity index (χ1) is 12.5. The molecular weight excluding hydrogens is 348 g/mol. The highest BCUT2D eigenvalue weighted by molar-refractivity contribution is 7.10. The van der Waals surface area contributed by atoms with Crippen LogP contribution in [0.15, 0.2) is 17.5 Å². The Morgan fingerprint density at radius 2 is 1.85 bits per heavy atom. The van der Waals surface area contributed by atoms with Crippen molar-refractivity contribution >= 4 is 23.2 Å². The van der Waals surface area contributed by atoms with Crippen LogP contribution in [-0.4, -0.2) is 78.4 Å². The van der Waals surface area contributed by atoms with Gasteiger partial charge in [-0.05, 0) is 38.8 Å². The smallest absolute Gasteiger partial charge is 0.311 e. The van der Waals surface area contributed by atoms with Crippen molar-refractivity contribution in [3.05, 3.63) is 22.4 Å². The Bertz CT molecular complexity index is 566. The molecule has 0 spiro atoms. The maximum absolute atomic E-state index is 12.4. The van der Waals surface area contributed by atoms with Gasteiger partial charge in [0.2, 0.25) is 0 Å². The molecule has 2 atom stereocenters. The zero-order valence-corrected chi connectivity index (χ0v) is 17.2. The molecule has 146 valence electrons. The lowest BCUT2D eigenvalue weighted by Gasteiger charge is -2.41. The van der Waals surface area contributed by atoms with Crippen molar-refractivity contribution in [1.29, 1.82) is 0 Å². The number of piperazine rings is 1. The highest BCUT2D eigenvalue weighted by Gasteiger charge is 2.32. The van der Waals surface area contributed by atoms with Crippen molar-refractivity contribution in [1.82, 2.24) is 20.0 Å². The van der Waals surface area contributed by atoms with E-state index in [1.54, 1.807) is 16.2 Å². The molecule has 0 unspecified atom stereocenters. The number of nitrogens with zero attached hydrogens (tertiary/aromatic N) is 3. The zero-order valence-electron chi connectivity index (χ0n) is 16.4. The highest BCUT2D eigenvalue weighted by Crippen LogP contribution is 2.29. The standard InChI is InChI=1S/C19H32N4O2S/c1-5-21-10-12-23(13-11-21)17(16-9-8-14-26-16)15(4)20-18(24)19(25)22(6-2)7-3/h8-9,14-15,17H,5-7,10-13H2,1-4H3,(H,20,24)/t15-,17-/m0/s1. The fourth-order valence-electron chi connectivity index (χ4n) is 3.56. The van der Waals surface area contributed by atoms with Crippen LogP contribution in [0.3, 0.4) is 0 Å². The van der Waals surface area contributed by atoms with Crippen LogP contribution in [0.5, 0.6) is 0 Å². The monoisotopic (exact) mass is 380 g/mol. The zero-order chi connectivity index (χ0) is 19.1. The van der Waals surface area contributed by atoms with Gasteiger partial charge in [0.15, 0.2) is 0 Å².